The number of nitrogens with one attached hydrogen (secondary N) is 3. The van der Waals surface area contributed by atoms with E-state index in [-0.39, 0.29) is 14.0 Å². The number of nitrogens with zero attached hydrogens (tertiary/aromatic N) is 10. The van der Waals surface area contributed by atoms with E-state index in [1.54, 1.807) is 18.6 Å². The fraction of sp³-hybridized carbons (Fsp3) is 0. The van der Waals surface area contributed by atoms with Gasteiger partial charge in [-0.15, -0.1) is 0 Å². The summed E-state index contributed by atoms with van der Waals surface area (Å²) in [5.41, 5.74) is 23.8. The molecule has 0 amide bonds. The maximum absolute atomic E-state index is 9.01. The number of benzene rings is 5. The van der Waals surface area contributed by atoms with Gasteiger partial charge >= 0.3 is 14.0 Å². The third kappa shape index (κ3) is 10.9. The van der Waals surface area contributed by atoms with Crippen molar-refractivity contribution in [1.29, 1.82) is 10.5 Å². The Bertz CT molecular complexity index is 2810. The molecule has 66 heavy (non-hydrogen) atoms. The van der Waals surface area contributed by atoms with Crippen LogP contribution in [0.15, 0.2) is 228 Å². The Hall–Kier alpha value is -9.53. The van der Waals surface area contributed by atoms with Gasteiger partial charge in [-0.2, -0.15) is 15.6 Å². The lowest BCUT2D eigenvalue weighted by Crippen LogP contribution is -2.50. The van der Waals surface area contributed by atoms with E-state index >= 15 is 0 Å². The molecule has 0 saturated heterocycles. The number of rotatable bonds is 9. The van der Waals surface area contributed by atoms with Gasteiger partial charge in [-0.05, 0) is 108 Å². The van der Waals surface area contributed by atoms with Crippen molar-refractivity contribution < 1.29 is 0 Å². The fourth-order valence-electron chi connectivity index (χ4n) is 6.73. The van der Waals surface area contributed by atoms with E-state index in [0.717, 1.165) is 51.0 Å². The molecule has 2 aliphatic rings. The summed E-state index contributed by atoms with van der Waals surface area (Å²) in [5, 5.41) is 22.1. The molecule has 5 N–H and O–H groups in total. The Morgan fingerprint density at radius 2 is 0.909 bits per heavy atom. The van der Waals surface area contributed by atoms with Crippen molar-refractivity contribution in [3.63, 3.8) is 0 Å². The highest BCUT2D eigenvalue weighted by Crippen LogP contribution is 2.20. The van der Waals surface area contributed by atoms with Gasteiger partial charge in [0.05, 0.1) is 29.0 Å². The first-order valence-electron chi connectivity index (χ1n) is 20.8. The molecule has 0 atom stereocenters. The number of hydrogen-bond donors (Lipinski definition) is 4. The summed E-state index contributed by atoms with van der Waals surface area (Å²) >= 11 is 0. The topological polar surface area (TPSA) is 192 Å². The number of nitriles is 2. The van der Waals surface area contributed by atoms with E-state index in [0.29, 0.717) is 22.7 Å². The molecule has 0 radical (unpaired) electrons. The molecule has 2 aliphatic heterocycles. The maximum Gasteiger partial charge on any atom is 0.451 e. The van der Waals surface area contributed by atoms with Crippen molar-refractivity contribution in [1.82, 2.24) is 25.8 Å². The summed E-state index contributed by atoms with van der Waals surface area (Å²) in [6, 6.07) is 66.0. The number of para-hydroxylation sites is 3. The predicted octanol–water partition coefficient (Wildman–Crippen LogP) is 6.05. The molecule has 316 valence electrons. The molecule has 3 aromatic heterocycles. The minimum Gasteiger partial charge on any atom is -0.380 e. The largest absolute Gasteiger partial charge is 0.451 e. The molecule has 14 nitrogen and oxygen atoms in total. The zero-order valence-corrected chi connectivity index (χ0v) is 35.4. The van der Waals surface area contributed by atoms with Crippen LogP contribution in [0.4, 0.5) is 17.1 Å². The third-order valence-corrected chi connectivity index (χ3v) is 10.0. The van der Waals surface area contributed by atoms with Gasteiger partial charge in [0.2, 0.25) is 0 Å². The van der Waals surface area contributed by atoms with Gasteiger partial charge in [0.15, 0.2) is 17.5 Å². The van der Waals surface area contributed by atoms with Gasteiger partial charge in [0, 0.05) is 30.0 Å². The molecule has 0 spiro atoms. The van der Waals surface area contributed by atoms with Crippen LogP contribution >= 0.6 is 0 Å². The zero-order valence-electron chi connectivity index (χ0n) is 35.4. The second kappa shape index (κ2) is 21.5. The average molecular weight is 859 g/mol. The van der Waals surface area contributed by atoms with Gasteiger partial charge in [-0.1, -0.05) is 97.1 Å². The Morgan fingerprint density at radius 1 is 0.500 bits per heavy atom. The van der Waals surface area contributed by atoms with Crippen molar-refractivity contribution >= 4 is 59.5 Å². The molecule has 0 saturated carbocycles. The Labute approximate surface area is 383 Å². The summed E-state index contributed by atoms with van der Waals surface area (Å²) in [6.07, 6.45) is 5.18. The number of amidine groups is 3. The molecule has 0 aliphatic carbocycles. The first kappa shape index (κ1) is 43.1. The van der Waals surface area contributed by atoms with Crippen LogP contribution in [-0.2, 0) is 0 Å². The molecule has 0 unspecified atom stereocenters. The monoisotopic (exact) mass is 858 g/mol. The Kier molecular flexibility index (Phi) is 14.1. The molecule has 5 aromatic carbocycles. The van der Waals surface area contributed by atoms with Crippen molar-refractivity contribution in [3.05, 3.63) is 241 Å². The normalized spacial score (nSPS) is 12.7. The summed E-state index contributed by atoms with van der Waals surface area (Å²) < 4.78 is 0. The molecule has 5 heterocycles. The summed E-state index contributed by atoms with van der Waals surface area (Å²) in [4.78, 5) is 26.5. The number of hydrazone groups is 1. The summed E-state index contributed by atoms with van der Waals surface area (Å²) in [7, 11) is 0. The van der Waals surface area contributed by atoms with E-state index in [4.69, 9.17) is 26.1 Å². The quantitative estimate of drug-likeness (QED) is 0.0572. The number of pyridine rings is 3. The standard InChI is InChI=1S/2C19H14BN5.C12H12N4/c2*21-14-15-9-11-16(12-10-15)20-23-19(18-8-4-5-13-22-18)24-25(20)17-6-2-1-3-7-17;13-12(11-8-4-5-9-14-11)16-15-10-6-2-1-3-7-10/h2*1-13H,(H,23,24);1-9,15H,(H2,13,16). The smallest absolute Gasteiger partial charge is 0.380 e. The van der Waals surface area contributed by atoms with Crippen molar-refractivity contribution in [3.8, 4) is 12.1 Å². The predicted molar refractivity (Wildman–Crippen MR) is 264 cm³/mol. The number of anilines is 3. The summed E-state index contributed by atoms with van der Waals surface area (Å²) in [6.45, 7) is -0.459. The van der Waals surface area contributed by atoms with Gasteiger partial charge in [-0.3, -0.25) is 41.0 Å². The first-order chi connectivity index (χ1) is 32.6. The highest BCUT2D eigenvalue weighted by Gasteiger charge is 2.35. The number of hydrogen-bond acceptors (Lipinski definition) is 13. The first-order valence-corrected chi connectivity index (χ1v) is 20.8. The second-order valence-electron chi connectivity index (χ2n) is 14.4. The average Bonchev–Trinajstić information content (AvgIpc) is 4.07. The lowest BCUT2D eigenvalue weighted by atomic mass is 9.68. The van der Waals surface area contributed by atoms with E-state index < -0.39 is 0 Å². The summed E-state index contributed by atoms with van der Waals surface area (Å²) in [5.74, 6) is 1.81. The van der Waals surface area contributed by atoms with Crippen molar-refractivity contribution in [2.75, 3.05) is 15.3 Å². The van der Waals surface area contributed by atoms with Crippen LogP contribution in [0.1, 0.15) is 28.2 Å². The Morgan fingerprint density at radius 3 is 1.30 bits per heavy atom. The molecule has 16 heteroatoms. The third-order valence-electron chi connectivity index (χ3n) is 10.0. The maximum atomic E-state index is 9.01. The van der Waals surface area contributed by atoms with Gasteiger partial charge in [0.1, 0.15) is 17.1 Å². The van der Waals surface area contributed by atoms with Crippen LogP contribution in [0, 0.1) is 22.7 Å². The number of aromatic nitrogens is 3. The van der Waals surface area contributed by atoms with Crippen LogP contribution in [0.3, 0.4) is 0 Å². The minimum atomic E-state index is -0.229. The van der Waals surface area contributed by atoms with Crippen LogP contribution in [-0.4, -0.2) is 46.4 Å². The van der Waals surface area contributed by atoms with E-state index in [1.165, 1.54) is 0 Å². The van der Waals surface area contributed by atoms with E-state index in [1.807, 2.05) is 204 Å². The number of hydrazine groups is 2. The molecular weight excluding hydrogens is 818 g/mol. The Balaban J connectivity index is 0.000000138. The molecule has 8 aromatic rings. The highest BCUT2D eigenvalue weighted by molar-refractivity contribution is 6.78. The van der Waals surface area contributed by atoms with Crippen LogP contribution in [0.5, 0.6) is 0 Å². The van der Waals surface area contributed by atoms with Crippen molar-refractivity contribution in [2.24, 2.45) is 20.6 Å². The molecular formula is C50H40B2N14. The highest BCUT2D eigenvalue weighted by atomic mass is 15.5. The molecule has 0 bridgehead atoms. The van der Waals surface area contributed by atoms with Crippen LogP contribution in [0.2, 0.25) is 0 Å². The van der Waals surface area contributed by atoms with E-state index in [2.05, 4.69) is 48.5 Å². The molecule has 10 rings (SSSR count). The molecule has 0 fully saturated rings. The second-order valence-corrected chi connectivity index (χ2v) is 14.4. The minimum absolute atomic E-state index is 0.229. The number of nitrogens with two attached hydrogens (primary N) is 1. The zero-order chi connectivity index (χ0) is 45.3. The van der Waals surface area contributed by atoms with Crippen molar-refractivity contribution in [2.45, 2.75) is 0 Å². The lowest BCUT2D eigenvalue weighted by molar-refractivity contribution is 1.01. The van der Waals surface area contributed by atoms with Crippen LogP contribution in [0.25, 0.3) is 0 Å². The van der Waals surface area contributed by atoms with Crippen LogP contribution < -0.4 is 42.8 Å². The lowest BCUT2D eigenvalue weighted by Gasteiger charge is -2.23. The van der Waals surface area contributed by atoms with Gasteiger partial charge < -0.3 is 15.6 Å². The van der Waals surface area contributed by atoms with Gasteiger partial charge in [0.25, 0.3) is 0 Å². The SMILES string of the molecule is N#Cc1ccc(B2N=C(c3ccccn3)NN2c2ccccc2)cc1.N#Cc1ccc(B2N=C(c3ccccn3)NN2c2ccccc2)cc1.N/C(=N\Nc1ccccc1)c1ccccn1. The van der Waals surface area contributed by atoms with E-state index in [9.17, 15) is 0 Å². The fourth-order valence-corrected chi connectivity index (χ4v) is 6.73. The van der Waals surface area contributed by atoms with Gasteiger partial charge in [-0.25, -0.2) is 0 Å².